The summed E-state index contributed by atoms with van der Waals surface area (Å²) in [5.41, 5.74) is 1.09. The molecule has 0 unspecified atom stereocenters. The zero-order chi connectivity index (χ0) is 19.8. The van der Waals surface area contributed by atoms with Gasteiger partial charge in [0.2, 0.25) is 0 Å². The van der Waals surface area contributed by atoms with E-state index in [2.05, 4.69) is 27.2 Å². The number of aromatic nitrogens is 1. The fourth-order valence-corrected chi connectivity index (χ4v) is 3.48. The largest absolute Gasteiger partial charge is 0.367 e. The standard InChI is InChI=1S/C21H24N4O2S/c1-2-3-12-23-20(26)15-8-10-16(11-9-15)21(27)24-14-13-22-19-17-6-4-5-7-18(17)28-25-19/h4-11H,2-3,12-14H2,1H3,(H,22,25)(H,23,26)(H,24,27). The highest BCUT2D eigenvalue weighted by Gasteiger charge is 2.09. The van der Waals surface area contributed by atoms with Gasteiger partial charge < -0.3 is 16.0 Å². The number of nitrogens with one attached hydrogen (secondary N) is 3. The van der Waals surface area contributed by atoms with Gasteiger partial charge in [0.05, 0.1) is 4.70 Å². The second kappa shape index (κ2) is 9.85. The number of nitrogens with zero attached hydrogens (tertiary/aromatic N) is 1. The summed E-state index contributed by atoms with van der Waals surface area (Å²) in [5.74, 6) is 0.566. The number of rotatable bonds is 9. The van der Waals surface area contributed by atoms with Gasteiger partial charge in [-0.25, -0.2) is 0 Å². The summed E-state index contributed by atoms with van der Waals surface area (Å²) < 4.78 is 5.54. The number of fused-ring (bicyclic) bond motifs is 1. The smallest absolute Gasteiger partial charge is 0.251 e. The minimum atomic E-state index is -0.164. The van der Waals surface area contributed by atoms with Crippen molar-refractivity contribution in [3.8, 4) is 0 Å². The van der Waals surface area contributed by atoms with Crippen molar-refractivity contribution in [2.75, 3.05) is 25.0 Å². The summed E-state index contributed by atoms with van der Waals surface area (Å²) in [5, 5.41) is 10.1. The molecule has 1 heterocycles. The molecule has 0 radical (unpaired) electrons. The predicted octanol–water partition coefficient (Wildman–Crippen LogP) is 3.67. The molecule has 0 bridgehead atoms. The third-order valence-electron chi connectivity index (χ3n) is 4.31. The van der Waals surface area contributed by atoms with E-state index in [-0.39, 0.29) is 11.8 Å². The molecule has 28 heavy (non-hydrogen) atoms. The van der Waals surface area contributed by atoms with E-state index in [9.17, 15) is 9.59 Å². The number of anilines is 1. The van der Waals surface area contributed by atoms with E-state index < -0.39 is 0 Å². The number of carbonyl (C=O) groups excluding carboxylic acids is 2. The normalized spacial score (nSPS) is 10.6. The van der Waals surface area contributed by atoms with Crippen LogP contribution in [0.2, 0.25) is 0 Å². The Bertz CT molecular complexity index is 937. The van der Waals surface area contributed by atoms with Crippen LogP contribution in [0.15, 0.2) is 48.5 Å². The SMILES string of the molecule is CCCCNC(=O)c1ccc(C(=O)NCCNc2nsc3ccccc23)cc1. The van der Waals surface area contributed by atoms with E-state index >= 15 is 0 Å². The van der Waals surface area contributed by atoms with Gasteiger partial charge in [-0.05, 0) is 54.4 Å². The summed E-state index contributed by atoms with van der Waals surface area (Å²) in [7, 11) is 0. The van der Waals surface area contributed by atoms with E-state index in [0.717, 1.165) is 28.7 Å². The van der Waals surface area contributed by atoms with Gasteiger partial charge in [-0.15, -0.1) is 0 Å². The van der Waals surface area contributed by atoms with Crippen LogP contribution in [0, 0.1) is 0 Å². The summed E-state index contributed by atoms with van der Waals surface area (Å²) in [6, 6.07) is 14.7. The maximum atomic E-state index is 12.3. The molecule has 3 rings (SSSR count). The molecule has 1 aromatic heterocycles. The van der Waals surface area contributed by atoms with Crippen molar-refractivity contribution in [1.29, 1.82) is 0 Å². The molecule has 0 saturated carbocycles. The molecule has 0 aliphatic rings. The topological polar surface area (TPSA) is 83.1 Å². The van der Waals surface area contributed by atoms with Crippen LogP contribution in [0.3, 0.4) is 0 Å². The fourth-order valence-electron chi connectivity index (χ4n) is 2.73. The van der Waals surface area contributed by atoms with Crippen molar-refractivity contribution in [2.24, 2.45) is 0 Å². The Balaban J connectivity index is 1.45. The van der Waals surface area contributed by atoms with Gasteiger partial charge >= 0.3 is 0 Å². The van der Waals surface area contributed by atoms with Crippen molar-refractivity contribution in [3.05, 3.63) is 59.7 Å². The first-order valence-electron chi connectivity index (χ1n) is 9.44. The molecule has 0 aliphatic heterocycles. The van der Waals surface area contributed by atoms with E-state index in [0.29, 0.717) is 30.8 Å². The van der Waals surface area contributed by atoms with Crippen molar-refractivity contribution in [1.82, 2.24) is 15.0 Å². The molecule has 0 atom stereocenters. The predicted molar refractivity (Wildman–Crippen MR) is 114 cm³/mol. The average Bonchev–Trinajstić information content (AvgIpc) is 3.14. The van der Waals surface area contributed by atoms with Crippen LogP contribution in [-0.4, -0.2) is 35.8 Å². The van der Waals surface area contributed by atoms with Crippen molar-refractivity contribution >= 4 is 39.3 Å². The fraction of sp³-hybridized carbons (Fsp3) is 0.286. The number of amides is 2. The van der Waals surface area contributed by atoms with Crippen LogP contribution in [0.1, 0.15) is 40.5 Å². The molecule has 6 nitrogen and oxygen atoms in total. The molecular weight excluding hydrogens is 372 g/mol. The highest BCUT2D eigenvalue weighted by Crippen LogP contribution is 2.25. The average molecular weight is 397 g/mol. The zero-order valence-electron chi connectivity index (χ0n) is 15.8. The van der Waals surface area contributed by atoms with Crippen LogP contribution in [0.5, 0.6) is 0 Å². The number of benzene rings is 2. The third kappa shape index (κ3) is 5.07. The maximum absolute atomic E-state index is 12.3. The van der Waals surface area contributed by atoms with Crippen LogP contribution in [0.4, 0.5) is 5.82 Å². The minimum Gasteiger partial charge on any atom is -0.367 e. The number of unbranched alkanes of at least 4 members (excludes halogenated alkanes) is 1. The Kier molecular flexibility index (Phi) is 6.97. The first kappa shape index (κ1) is 19.8. The van der Waals surface area contributed by atoms with Crippen LogP contribution in [0.25, 0.3) is 10.1 Å². The van der Waals surface area contributed by atoms with Crippen molar-refractivity contribution < 1.29 is 9.59 Å². The zero-order valence-corrected chi connectivity index (χ0v) is 16.6. The van der Waals surface area contributed by atoms with Crippen LogP contribution in [-0.2, 0) is 0 Å². The van der Waals surface area contributed by atoms with Gasteiger partial charge in [0.15, 0.2) is 0 Å². The number of hydrogen-bond acceptors (Lipinski definition) is 5. The first-order valence-corrected chi connectivity index (χ1v) is 10.2. The summed E-state index contributed by atoms with van der Waals surface area (Å²) in [6.07, 6.45) is 1.99. The van der Waals surface area contributed by atoms with Gasteiger partial charge in [0.25, 0.3) is 11.8 Å². The van der Waals surface area contributed by atoms with Gasteiger partial charge in [-0.2, -0.15) is 4.37 Å². The van der Waals surface area contributed by atoms with Gasteiger partial charge in [0.1, 0.15) is 5.82 Å². The third-order valence-corrected chi connectivity index (χ3v) is 5.13. The second-order valence-corrected chi connectivity index (χ2v) is 7.20. The first-order chi connectivity index (χ1) is 13.7. The number of carbonyl (C=O) groups is 2. The van der Waals surface area contributed by atoms with Crippen molar-refractivity contribution in [2.45, 2.75) is 19.8 Å². The van der Waals surface area contributed by atoms with Crippen LogP contribution >= 0.6 is 11.5 Å². The summed E-state index contributed by atoms with van der Waals surface area (Å²) >= 11 is 1.45. The van der Waals surface area contributed by atoms with E-state index in [1.54, 1.807) is 24.3 Å². The summed E-state index contributed by atoms with van der Waals surface area (Å²) in [4.78, 5) is 24.2. The molecule has 146 valence electrons. The lowest BCUT2D eigenvalue weighted by Gasteiger charge is -2.08. The van der Waals surface area contributed by atoms with Crippen molar-refractivity contribution in [3.63, 3.8) is 0 Å². The van der Waals surface area contributed by atoms with E-state index in [4.69, 9.17) is 0 Å². The maximum Gasteiger partial charge on any atom is 0.251 e. The molecule has 0 aliphatic carbocycles. The lowest BCUT2D eigenvalue weighted by Crippen LogP contribution is -2.29. The molecule has 3 aromatic rings. The molecule has 2 amide bonds. The Morgan fingerprint density at radius 3 is 2.21 bits per heavy atom. The highest BCUT2D eigenvalue weighted by atomic mass is 32.1. The molecule has 2 aromatic carbocycles. The molecule has 3 N–H and O–H groups in total. The monoisotopic (exact) mass is 396 g/mol. The molecule has 0 spiro atoms. The Hall–Kier alpha value is -2.93. The van der Waals surface area contributed by atoms with Gasteiger partial charge in [0, 0.05) is 36.1 Å². The Labute approximate surface area is 168 Å². The Morgan fingerprint density at radius 2 is 1.54 bits per heavy atom. The van der Waals surface area contributed by atoms with E-state index in [1.807, 2.05) is 24.3 Å². The highest BCUT2D eigenvalue weighted by molar-refractivity contribution is 7.13. The summed E-state index contributed by atoms with van der Waals surface area (Å²) in [6.45, 7) is 3.80. The Morgan fingerprint density at radius 1 is 0.893 bits per heavy atom. The molecular formula is C21H24N4O2S. The quantitative estimate of drug-likeness (QED) is 0.482. The molecule has 7 heteroatoms. The molecule has 0 saturated heterocycles. The molecule has 0 fully saturated rings. The second-order valence-electron chi connectivity index (χ2n) is 6.40. The van der Waals surface area contributed by atoms with Gasteiger partial charge in [-0.1, -0.05) is 25.5 Å². The lowest BCUT2D eigenvalue weighted by molar-refractivity contribution is 0.0942. The van der Waals surface area contributed by atoms with Crippen LogP contribution < -0.4 is 16.0 Å². The van der Waals surface area contributed by atoms with E-state index in [1.165, 1.54) is 11.5 Å². The minimum absolute atomic E-state index is 0.111. The van der Waals surface area contributed by atoms with Gasteiger partial charge in [-0.3, -0.25) is 9.59 Å². The number of hydrogen-bond donors (Lipinski definition) is 3. The lowest BCUT2D eigenvalue weighted by atomic mass is 10.1.